The summed E-state index contributed by atoms with van der Waals surface area (Å²) in [4.78, 5) is 1.16. The van der Waals surface area contributed by atoms with Gasteiger partial charge >= 0.3 is 0 Å². The Morgan fingerprint density at radius 1 is 0.783 bits per heavy atom. The van der Waals surface area contributed by atoms with Crippen LogP contribution in [0.3, 0.4) is 0 Å². The lowest BCUT2D eigenvalue weighted by molar-refractivity contribution is 0.377. The monoisotopic (exact) mass is 322 g/mol. The molecule has 0 unspecified atom stereocenters. The van der Waals surface area contributed by atoms with Gasteiger partial charge in [0.15, 0.2) is 11.5 Å². The minimum Gasteiger partial charge on any atom is -0.493 e. The van der Waals surface area contributed by atoms with Crippen molar-refractivity contribution >= 4 is 11.8 Å². The second kappa shape index (κ2) is 7.75. The van der Waals surface area contributed by atoms with Crippen molar-refractivity contribution in [2.45, 2.75) is 10.6 Å². The van der Waals surface area contributed by atoms with E-state index in [9.17, 15) is 0 Å². The van der Waals surface area contributed by atoms with Crippen molar-refractivity contribution in [3.8, 4) is 17.2 Å². The third-order valence-electron chi connectivity index (χ3n) is 3.35. The molecule has 2 nitrogen and oxygen atoms in total. The van der Waals surface area contributed by atoms with Crippen molar-refractivity contribution in [3.05, 3.63) is 84.4 Å². The first-order chi connectivity index (χ1) is 11.3. The molecule has 0 bridgehead atoms. The molecule has 0 fully saturated rings. The van der Waals surface area contributed by atoms with Crippen molar-refractivity contribution in [2.75, 3.05) is 7.11 Å². The summed E-state index contributed by atoms with van der Waals surface area (Å²) in [7, 11) is 1.67. The zero-order chi connectivity index (χ0) is 15.9. The van der Waals surface area contributed by atoms with E-state index in [1.165, 1.54) is 5.56 Å². The molecule has 0 radical (unpaired) electrons. The van der Waals surface area contributed by atoms with Gasteiger partial charge in [0.2, 0.25) is 0 Å². The molecule has 0 saturated heterocycles. The molecule has 116 valence electrons. The predicted octanol–water partition coefficient (Wildman–Crippen LogP) is 5.78. The Bertz CT molecular complexity index is 742. The first-order valence-corrected chi connectivity index (χ1v) is 8.41. The average molecular weight is 322 g/mol. The number of thioether (sulfide) groups is 1. The van der Waals surface area contributed by atoms with Crippen LogP contribution in [0.2, 0.25) is 0 Å². The van der Waals surface area contributed by atoms with Crippen LogP contribution in [0.1, 0.15) is 5.56 Å². The van der Waals surface area contributed by atoms with Gasteiger partial charge < -0.3 is 9.47 Å². The number of methoxy groups -OCH3 is 1. The summed E-state index contributed by atoms with van der Waals surface area (Å²) in [5, 5.41) is 0. The van der Waals surface area contributed by atoms with E-state index in [0.29, 0.717) is 0 Å². The Kier molecular flexibility index (Phi) is 5.22. The van der Waals surface area contributed by atoms with Crippen LogP contribution in [0.4, 0.5) is 0 Å². The summed E-state index contributed by atoms with van der Waals surface area (Å²) in [6, 6.07) is 26.2. The zero-order valence-electron chi connectivity index (χ0n) is 12.9. The van der Waals surface area contributed by atoms with Gasteiger partial charge in [-0.15, -0.1) is 11.8 Å². The maximum Gasteiger partial charge on any atom is 0.169 e. The molecule has 3 aromatic carbocycles. The van der Waals surface area contributed by atoms with Crippen molar-refractivity contribution in [2.24, 2.45) is 0 Å². The minimum absolute atomic E-state index is 0.725. The lowest BCUT2D eigenvalue weighted by Crippen LogP contribution is -1.91. The molecular formula is C20H18O2S. The second-order valence-corrected chi connectivity index (χ2v) is 6.05. The van der Waals surface area contributed by atoms with Crippen LogP contribution in [-0.2, 0) is 5.75 Å². The Morgan fingerprint density at radius 3 is 2.17 bits per heavy atom. The van der Waals surface area contributed by atoms with Crippen molar-refractivity contribution in [1.29, 1.82) is 0 Å². The first kappa shape index (κ1) is 15.5. The molecule has 23 heavy (non-hydrogen) atoms. The van der Waals surface area contributed by atoms with Crippen LogP contribution >= 0.6 is 11.8 Å². The molecule has 0 aliphatic rings. The van der Waals surface area contributed by atoms with Crippen LogP contribution in [0.25, 0.3) is 0 Å². The maximum atomic E-state index is 5.88. The smallest absolute Gasteiger partial charge is 0.169 e. The summed E-state index contributed by atoms with van der Waals surface area (Å²) < 4.78 is 11.4. The maximum absolute atomic E-state index is 5.88. The topological polar surface area (TPSA) is 18.5 Å². The van der Waals surface area contributed by atoms with E-state index in [1.807, 2.05) is 48.5 Å². The van der Waals surface area contributed by atoms with E-state index in [-0.39, 0.29) is 0 Å². The first-order valence-electron chi connectivity index (χ1n) is 7.43. The van der Waals surface area contributed by atoms with Crippen LogP contribution in [0.15, 0.2) is 83.8 Å². The van der Waals surface area contributed by atoms with Crippen LogP contribution in [0.5, 0.6) is 17.2 Å². The number of ether oxygens (including phenoxy) is 2. The highest BCUT2D eigenvalue weighted by molar-refractivity contribution is 7.98. The minimum atomic E-state index is 0.725. The van der Waals surface area contributed by atoms with Crippen molar-refractivity contribution in [1.82, 2.24) is 0 Å². The second-order valence-electron chi connectivity index (χ2n) is 5.00. The molecule has 0 saturated carbocycles. The molecule has 0 N–H and O–H groups in total. The Hall–Kier alpha value is -2.39. The van der Waals surface area contributed by atoms with Gasteiger partial charge in [0.25, 0.3) is 0 Å². The average Bonchev–Trinajstić information content (AvgIpc) is 2.62. The highest BCUT2D eigenvalue weighted by Crippen LogP contribution is 2.35. The van der Waals surface area contributed by atoms with E-state index >= 15 is 0 Å². The Balaban J connectivity index is 1.71. The number of rotatable bonds is 6. The fraction of sp³-hybridized carbons (Fsp3) is 0.100. The van der Waals surface area contributed by atoms with E-state index in [4.69, 9.17) is 9.47 Å². The molecule has 3 heteroatoms. The van der Waals surface area contributed by atoms with Gasteiger partial charge in [-0.2, -0.15) is 0 Å². The summed E-state index contributed by atoms with van der Waals surface area (Å²) in [6.45, 7) is 0. The fourth-order valence-electron chi connectivity index (χ4n) is 2.18. The highest BCUT2D eigenvalue weighted by atomic mass is 32.2. The standard InChI is InChI=1S/C20H18O2S/c1-21-20-14-18(23-15-16-8-4-2-5-9-16)12-13-19(20)22-17-10-6-3-7-11-17/h2-14H,15H2,1H3. The number of benzene rings is 3. The molecule has 0 spiro atoms. The number of para-hydroxylation sites is 1. The van der Waals surface area contributed by atoms with Crippen LogP contribution in [0, 0.1) is 0 Å². The molecule has 3 aromatic rings. The van der Waals surface area contributed by atoms with E-state index in [0.717, 1.165) is 27.9 Å². The van der Waals surface area contributed by atoms with E-state index in [1.54, 1.807) is 18.9 Å². The summed E-state index contributed by atoms with van der Waals surface area (Å²) in [5.41, 5.74) is 1.31. The molecule has 0 aliphatic heterocycles. The Morgan fingerprint density at radius 2 is 1.48 bits per heavy atom. The molecule has 0 amide bonds. The number of hydrogen-bond donors (Lipinski definition) is 0. The Labute approximate surface area is 141 Å². The normalized spacial score (nSPS) is 10.3. The van der Waals surface area contributed by atoms with Gasteiger partial charge in [0, 0.05) is 10.6 Å². The number of hydrogen-bond acceptors (Lipinski definition) is 3. The molecular weight excluding hydrogens is 304 g/mol. The summed E-state index contributed by atoms with van der Waals surface area (Å²) in [6.07, 6.45) is 0. The molecule has 0 aromatic heterocycles. The SMILES string of the molecule is COc1cc(SCc2ccccc2)ccc1Oc1ccccc1. The van der Waals surface area contributed by atoms with Gasteiger partial charge in [0.05, 0.1) is 7.11 Å². The molecule has 0 heterocycles. The third-order valence-corrected chi connectivity index (χ3v) is 4.42. The predicted molar refractivity (Wildman–Crippen MR) is 95.5 cm³/mol. The van der Waals surface area contributed by atoms with Gasteiger partial charge in [-0.3, -0.25) is 0 Å². The van der Waals surface area contributed by atoms with Gasteiger partial charge in [-0.25, -0.2) is 0 Å². The quantitative estimate of drug-likeness (QED) is 0.536. The molecule has 0 atom stereocenters. The van der Waals surface area contributed by atoms with Gasteiger partial charge in [0.1, 0.15) is 5.75 Å². The largest absolute Gasteiger partial charge is 0.493 e. The molecule has 0 aliphatic carbocycles. The highest BCUT2D eigenvalue weighted by Gasteiger charge is 2.07. The lowest BCUT2D eigenvalue weighted by atomic mass is 10.2. The molecule has 3 rings (SSSR count). The van der Waals surface area contributed by atoms with Crippen molar-refractivity contribution in [3.63, 3.8) is 0 Å². The van der Waals surface area contributed by atoms with Crippen LogP contribution < -0.4 is 9.47 Å². The van der Waals surface area contributed by atoms with Crippen molar-refractivity contribution < 1.29 is 9.47 Å². The summed E-state index contributed by atoms with van der Waals surface area (Å²) >= 11 is 1.78. The van der Waals surface area contributed by atoms with E-state index in [2.05, 4.69) is 30.3 Å². The van der Waals surface area contributed by atoms with Gasteiger partial charge in [-0.05, 0) is 35.9 Å². The fourth-order valence-corrected chi connectivity index (χ4v) is 3.06. The van der Waals surface area contributed by atoms with E-state index < -0.39 is 0 Å². The zero-order valence-corrected chi connectivity index (χ0v) is 13.8. The van der Waals surface area contributed by atoms with Gasteiger partial charge in [-0.1, -0.05) is 48.5 Å². The van der Waals surface area contributed by atoms with Crippen LogP contribution in [-0.4, -0.2) is 7.11 Å². The summed E-state index contributed by atoms with van der Waals surface area (Å²) in [5.74, 6) is 3.20. The third kappa shape index (κ3) is 4.30. The lowest BCUT2D eigenvalue weighted by Gasteiger charge is -2.12.